The van der Waals surface area contributed by atoms with Crippen molar-refractivity contribution in [1.29, 1.82) is 5.26 Å². The number of anilines is 1. The molecule has 2 aliphatic rings. The van der Waals surface area contributed by atoms with Gasteiger partial charge in [0.25, 0.3) is 0 Å². The van der Waals surface area contributed by atoms with Crippen molar-refractivity contribution in [1.82, 2.24) is 15.2 Å². The van der Waals surface area contributed by atoms with Gasteiger partial charge in [-0.2, -0.15) is 5.26 Å². The van der Waals surface area contributed by atoms with Crippen molar-refractivity contribution < 1.29 is 9.21 Å². The first-order valence-electron chi connectivity index (χ1n) is 12.0. The van der Waals surface area contributed by atoms with Crippen LogP contribution in [0, 0.1) is 24.2 Å². The number of nitrogens with zero attached hydrogens (tertiary/aromatic N) is 4. The van der Waals surface area contributed by atoms with Crippen LogP contribution in [-0.2, 0) is 4.79 Å². The van der Waals surface area contributed by atoms with E-state index in [2.05, 4.69) is 47.4 Å². The summed E-state index contributed by atoms with van der Waals surface area (Å²) < 4.78 is 6.46. The number of carbonyl (C=O) groups is 1. The Labute approximate surface area is 200 Å². The van der Waals surface area contributed by atoms with Gasteiger partial charge in [0.15, 0.2) is 11.5 Å². The topological polar surface area (TPSA) is 85.4 Å². The molecule has 3 atom stereocenters. The van der Waals surface area contributed by atoms with E-state index < -0.39 is 0 Å². The minimum atomic E-state index is -0.0610. The molecule has 5 rings (SSSR count). The standard InChI is InChI=1S/C27H31N5O2/c1-16-21(13-28)24-26(34-27(30-24)20-12-19(20)22(33)14-29-2)25(23(16)17-8-6-5-7-9-17)32-11-10-18(15-32)31(3)4/h5-9,18-20,29H,10-12,14-15H2,1-4H3/t18-,19+,20+/m0/s1. The zero-order valence-corrected chi connectivity index (χ0v) is 20.3. The Morgan fingerprint density at radius 2 is 2.09 bits per heavy atom. The van der Waals surface area contributed by atoms with Gasteiger partial charge in [0, 0.05) is 36.5 Å². The fourth-order valence-corrected chi connectivity index (χ4v) is 5.31. The van der Waals surface area contributed by atoms with Crippen molar-refractivity contribution >= 4 is 22.6 Å². The number of nitriles is 1. The first kappa shape index (κ1) is 22.6. The van der Waals surface area contributed by atoms with E-state index in [4.69, 9.17) is 9.40 Å². The molecule has 34 heavy (non-hydrogen) atoms. The lowest BCUT2D eigenvalue weighted by atomic mass is 9.93. The largest absolute Gasteiger partial charge is 0.438 e. The van der Waals surface area contributed by atoms with Crippen molar-refractivity contribution in [2.45, 2.75) is 31.7 Å². The molecule has 1 N–H and O–H groups in total. The molecule has 0 radical (unpaired) electrons. The lowest BCUT2D eigenvalue weighted by molar-refractivity contribution is -0.119. The van der Waals surface area contributed by atoms with Crippen molar-refractivity contribution in [3.8, 4) is 17.2 Å². The van der Waals surface area contributed by atoms with Gasteiger partial charge in [-0.05, 0) is 52.0 Å². The van der Waals surface area contributed by atoms with E-state index in [0.717, 1.165) is 48.3 Å². The van der Waals surface area contributed by atoms with Gasteiger partial charge in [0.1, 0.15) is 17.4 Å². The normalized spacial score (nSPS) is 21.9. The van der Waals surface area contributed by atoms with Gasteiger partial charge in [-0.3, -0.25) is 4.79 Å². The van der Waals surface area contributed by atoms with Crippen LogP contribution in [0.5, 0.6) is 0 Å². The summed E-state index contributed by atoms with van der Waals surface area (Å²) in [5, 5.41) is 13.1. The molecule has 1 saturated carbocycles. The summed E-state index contributed by atoms with van der Waals surface area (Å²) in [7, 11) is 6.02. The van der Waals surface area contributed by atoms with E-state index >= 15 is 0 Å². The number of likely N-dealkylation sites (N-methyl/N-ethyl adjacent to an activating group) is 2. The molecule has 2 fully saturated rings. The van der Waals surface area contributed by atoms with Crippen LogP contribution in [0.15, 0.2) is 34.7 Å². The lowest BCUT2D eigenvalue weighted by Gasteiger charge is -2.25. The smallest absolute Gasteiger partial charge is 0.199 e. The molecule has 1 saturated heterocycles. The number of ketones is 1. The molecule has 7 nitrogen and oxygen atoms in total. The molecule has 0 bridgehead atoms. The van der Waals surface area contributed by atoms with Gasteiger partial charge < -0.3 is 19.5 Å². The molecule has 0 spiro atoms. The van der Waals surface area contributed by atoms with Crippen LogP contribution in [-0.4, -0.2) is 62.5 Å². The van der Waals surface area contributed by atoms with Crippen molar-refractivity contribution in [2.75, 3.05) is 45.7 Å². The molecule has 0 unspecified atom stereocenters. The number of benzene rings is 2. The Morgan fingerprint density at radius 3 is 2.74 bits per heavy atom. The van der Waals surface area contributed by atoms with Gasteiger partial charge in [-0.15, -0.1) is 0 Å². The molecule has 0 amide bonds. The summed E-state index contributed by atoms with van der Waals surface area (Å²) in [6, 6.07) is 13.1. The minimum Gasteiger partial charge on any atom is -0.438 e. The second-order valence-corrected chi connectivity index (χ2v) is 9.73. The number of Topliss-reactive ketones (excluding diaryl/α,β-unsaturated/α-hetero) is 1. The highest BCUT2D eigenvalue weighted by Crippen LogP contribution is 2.51. The average molecular weight is 458 g/mol. The van der Waals surface area contributed by atoms with Gasteiger partial charge >= 0.3 is 0 Å². The number of hydrogen-bond donors (Lipinski definition) is 1. The number of fused-ring (bicyclic) bond motifs is 1. The Hall–Kier alpha value is -3.21. The minimum absolute atomic E-state index is 0.0128. The maximum absolute atomic E-state index is 12.4. The Morgan fingerprint density at radius 1 is 1.32 bits per heavy atom. The van der Waals surface area contributed by atoms with E-state index in [-0.39, 0.29) is 17.6 Å². The Bertz CT molecular complexity index is 1270. The van der Waals surface area contributed by atoms with Crippen LogP contribution in [0.4, 0.5) is 5.69 Å². The summed E-state index contributed by atoms with van der Waals surface area (Å²) in [4.78, 5) is 21.9. The number of aromatic nitrogens is 1. The Balaban J connectivity index is 1.69. The molecule has 1 aliphatic carbocycles. The number of hydrogen-bond acceptors (Lipinski definition) is 7. The molecule has 1 aromatic heterocycles. The van der Waals surface area contributed by atoms with Gasteiger partial charge in [-0.25, -0.2) is 4.98 Å². The summed E-state index contributed by atoms with van der Waals surface area (Å²) in [6.07, 6.45) is 1.81. The van der Waals surface area contributed by atoms with E-state index in [0.29, 0.717) is 35.1 Å². The second kappa shape index (κ2) is 8.86. The maximum atomic E-state index is 12.4. The third-order valence-corrected chi connectivity index (χ3v) is 7.34. The van der Waals surface area contributed by atoms with Crippen molar-refractivity contribution in [3.05, 3.63) is 47.3 Å². The molecule has 2 aromatic carbocycles. The summed E-state index contributed by atoms with van der Waals surface area (Å²) in [5.74, 6) is 0.690. The van der Waals surface area contributed by atoms with Crippen LogP contribution in [0.25, 0.3) is 22.2 Å². The Kier molecular flexibility index (Phi) is 5.88. The van der Waals surface area contributed by atoms with Gasteiger partial charge in [0.2, 0.25) is 0 Å². The third-order valence-electron chi connectivity index (χ3n) is 7.34. The second-order valence-electron chi connectivity index (χ2n) is 9.73. The number of nitrogens with one attached hydrogen (secondary N) is 1. The van der Waals surface area contributed by atoms with Crippen LogP contribution < -0.4 is 10.2 Å². The monoisotopic (exact) mass is 457 g/mol. The third kappa shape index (κ3) is 3.77. The van der Waals surface area contributed by atoms with Crippen molar-refractivity contribution in [3.63, 3.8) is 0 Å². The van der Waals surface area contributed by atoms with E-state index in [1.165, 1.54) is 0 Å². The van der Waals surface area contributed by atoms with Gasteiger partial charge in [-0.1, -0.05) is 30.3 Å². The van der Waals surface area contributed by atoms with Crippen molar-refractivity contribution in [2.24, 2.45) is 5.92 Å². The fraction of sp³-hybridized carbons (Fsp3) is 0.444. The fourth-order valence-electron chi connectivity index (χ4n) is 5.31. The summed E-state index contributed by atoms with van der Waals surface area (Å²) >= 11 is 0. The van der Waals surface area contributed by atoms with Crippen LogP contribution >= 0.6 is 0 Å². The molecular formula is C27H31N5O2. The predicted molar refractivity (Wildman–Crippen MR) is 133 cm³/mol. The quantitative estimate of drug-likeness (QED) is 0.579. The highest BCUT2D eigenvalue weighted by Gasteiger charge is 2.47. The SMILES string of the molecule is CNCC(=O)[C@@H]1C[C@H]1c1nc2c(C#N)c(C)c(-c3ccccc3)c(N3CC[C@H](N(C)C)C3)c2o1. The molecule has 2 heterocycles. The number of carbonyl (C=O) groups excluding carboxylic acids is 1. The van der Waals surface area contributed by atoms with Crippen LogP contribution in [0.3, 0.4) is 0 Å². The zero-order chi connectivity index (χ0) is 24.0. The number of oxazole rings is 1. The van der Waals surface area contributed by atoms with E-state index in [1.807, 2.05) is 25.1 Å². The van der Waals surface area contributed by atoms with Gasteiger partial charge in [0.05, 0.1) is 17.8 Å². The maximum Gasteiger partial charge on any atom is 0.199 e. The summed E-state index contributed by atoms with van der Waals surface area (Å²) in [6.45, 7) is 4.16. The molecular weight excluding hydrogens is 426 g/mol. The highest BCUT2D eigenvalue weighted by atomic mass is 16.4. The first-order chi connectivity index (χ1) is 16.4. The predicted octanol–water partition coefficient (Wildman–Crippen LogP) is 3.71. The van der Waals surface area contributed by atoms with E-state index in [9.17, 15) is 10.1 Å². The molecule has 1 aliphatic heterocycles. The molecule has 3 aromatic rings. The van der Waals surface area contributed by atoms with Crippen LogP contribution in [0.2, 0.25) is 0 Å². The van der Waals surface area contributed by atoms with E-state index in [1.54, 1.807) is 7.05 Å². The lowest BCUT2D eigenvalue weighted by Crippen LogP contribution is -2.31. The number of rotatable bonds is 7. The average Bonchev–Trinajstić information content (AvgIpc) is 3.27. The molecule has 7 heteroatoms. The molecule has 176 valence electrons. The summed E-state index contributed by atoms with van der Waals surface area (Å²) in [5.41, 5.74) is 5.86. The first-order valence-corrected chi connectivity index (χ1v) is 12.0. The highest BCUT2D eigenvalue weighted by molar-refractivity contribution is 6.02. The van der Waals surface area contributed by atoms with Crippen LogP contribution in [0.1, 0.15) is 35.8 Å². The zero-order valence-electron chi connectivity index (χ0n) is 20.3.